The summed E-state index contributed by atoms with van der Waals surface area (Å²) in [7, 11) is 0. The van der Waals surface area contributed by atoms with Gasteiger partial charge in [-0.2, -0.15) is 0 Å². The van der Waals surface area contributed by atoms with Crippen LogP contribution in [0.2, 0.25) is 5.02 Å². The Labute approximate surface area is 208 Å². The maximum absolute atomic E-state index is 12.6. The number of carbonyl (C=O) groups is 1. The molecule has 2 N–H and O–H groups in total. The molecule has 0 aliphatic rings. The molecule has 0 spiro atoms. The van der Waals surface area contributed by atoms with Crippen LogP contribution in [0.4, 0.5) is 10.5 Å². The number of nitrogens with zero attached hydrogens (tertiary/aromatic N) is 3. The molecular weight excluding hydrogens is 466 g/mol. The Morgan fingerprint density at radius 3 is 2.59 bits per heavy atom. The highest BCUT2D eigenvalue weighted by Crippen LogP contribution is 2.28. The maximum Gasteiger partial charge on any atom is 0.319 e. The number of nitrogens with one attached hydrogen (secondary N) is 2. The van der Waals surface area contributed by atoms with Crippen molar-refractivity contribution >= 4 is 35.1 Å². The lowest BCUT2D eigenvalue weighted by molar-refractivity contribution is 0.251. The van der Waals surface area contributed by atoms with E-state index in [1.807, 2.05) is 60.9 Å². The molecule has 0 unspecified atom stereocenters. The minimum Gasteiger partial charge on any atom is -0.331 e. The van der Waals surface area contributed by atoms with Gasteiger partial charge in [-0.15, -0.1) is 10.2 Å². The highest BCUT2D eigenvalue weighted by molar-refractivity contribution is 7.98. The number of amides is 2. The van der Waals surface area contributed by atoms with E-state index >= 15 is 0 Å². The molecule has 0 bridgehead atoms. The van der Waals surface area contributed by atoms with Crippen LogP contribution in [0.3, 0.4) is 0 Å². The van der Waals surface area contributed by atoms with Gasteiger partial charge >= 0.3 is 6.03 Å². The monoisotopic (exact) mass is 491 g/mol. The lowest BCUT2D eigenvalue weighted by Crippen LogP contribution is -2.29. The number of anilines is 1. The highest BCUT2D eigenvalue weighted by Gasteiger charge is 2.17. The quantitative estimate of drug-likeness (QED) is 0.291. The van der Waals surface area contributed by atoms with Crippen molar-refractivity contribution in [3.05, 3.63) is 99.8 Å². The Kier molecular flexibility index (Phi) is 7.55. The zero-order chi connectivity index (χ0) is 24.1. The minimum absolute atomic E-state index is 0.210. The Morgan fingerprint density at radius 1 is 0.971 bits per heavy atom. The number of rotatable bonds is 7. The second-order valence-corrected chi connectivity index (χ2v) is 9.44. The lowest BCUT2D eigenvalue weighted by Gasteiger charge is -2.14. The number of para-hydroxylation sites is 1. The Balaban J connectivity index is 1.57. The normalized spacial score (nSPS) is 10.8. The third-order valence-corrected chi connectivity index (χ3v) is 6.60. The predicted molar refractivity (Wildman–Crippen MR) is 139 cm³/mol. The molecule has 0 aliphatic carbocycles. The van der Waals surface area contributed by atoms with Crippen molar-refractivity contribution in [3.8, 4) is 5.69 Å². The van der Waals surface area contributed by atoms with Gasteiger partial charge in [0.2, 0.25) is 0 Å². The third kappa shape index (κ3) is 5.79. The molecule has 0 aliphatic heterocycles. The van der Waals surface area contributed by atoms with Crippen LogP contribution in [0.1, 0.15) is 28.1 Å². The summed E-state index contributed by atoms with van der Waals surface area (Å²) in [6.07, 6.45) is 0. The molecule has 2 amide bonds. The summed E-state index contributed by atoms with van der Waals surface area (Å²) in [5.41, 5.74) is 6.11. The van der Waals surface area contributed by atoms with Crippen molar-refractivity contribution in [1.29, 1.82) is 0 Å². The maximum atomic E-state index is 12.6. The van der Waals surface area contributed by atoms with Gasteiger partial charge in [-0.05, 0) is 55.7 Å². The SMILES string of the molecule is Cc1cccc(CSc2nnc(CNC(=O)Nc3ccccc3C)n2-c2cc(Cl)ccc2C)c1. The highest BCUT2D eigenvalue weighted by atomic mass is 35.5. The van der Waals surface area contributed by atoms with Gasteiger partial charge in [-0.3, -0.25) is 4.57 Å². The molecule has 1 aromatic heterocycles. The van der Waals surface area contributed by atoms with Crippen molar-refractivity contribution in [2.24, 2.45) is 0 Å². The topological polar surface area (TPSA) is 71.8 Å². The van der Waals surface area contributed by atoms with E-state index < -0.39 is 0 Å². The van der Waals surface area contributed by atoms with E-state index in [2.05, 4.69) is 52.0 Å². The van der Waals surface area contributed by atoms with E-state index in [0.717, 1.165) is 33.4 Å². The van der Waals surface area contributed by atoms with Crippen LogP contribution >= 0.6 is 23.4 Å². The zero-order valence-electron chi connectivity index (χ0n) is 19.3. The summed E-state index contributed by atoms with van der Waals surface area (Å²) in [6.45, 7) is 6.26. The fourth-order valence-corrected chi connectivity index (χ4v) is 4.64. The van der Waals surface area contributed by atoms with Crippen LogP contribution in [0.5, 0.6) is 0 Å². The van der Waals surface area contributed by atoms with Gasteiger partial charge in [0, 0.05) is 16.5 Å². The Morgan fingerprint density at radius 2 is 1.79 bits per heavy atom. The first-order valence-corrected chi connectivity index (χ1v) is 12.3. The lowest BCUT2D eigenvalue weighted by atomic mass is 10.2. The van der Waals surface area contributed by atoms with Gasteiger partial charge in [0.1, 0.15) is 0 Å². The average molecular weight is 492 g/mol. The number of aryl methyl sites for hydroxylation is 3. The minimum atomic E-state index is -0.305. The molecular formula is C26H26ClN5OS. The number of aromatic nitrogens is 3. The van der Waals surface area contributed by atoms with E-state index in [-0.39, 0.29) is 12.6 Å². The molecule has 1 heterocycles. The second kappa shape index (κ2) is 10.8. The molecule has 34 heavy (non-hydrogen) atoms. The van der Waals surface area contributed by atoms with Gasteiger partial charge in [-0.25, -0.2) is 4.79 Å². The number of urea groups is 1. The van der Waals surface area contributed by atoms with Crippen molar-refractivity contribution in [2.75, 3.05) is 5.32 Å². The van der Waals surface area contributed by atoms with E-state index in [4.69, 9.17) is 11.6 Å². The third-order valence-electron chi connectivity index (χ3n) is 5.36. The molecule has 6 nitrogen and oxygen atoms in total. The van der Waals surface area contributed by atoms with E-state index in [1.165, 1.54) is 11.1 Å². The summed E-state index contributed by atoms with van der Waals surface area (Å²) < 4.78 is 1.97. The standard InChI is InChI=1S/C26H26ClN5OS/c1-17-7-6-9-20(13-17)16-34-26-31-30-24(32(26)23-14-21(27)12-11-19(23)3)15-28-25(33)29-22-10-5-4-8-18(22)2/h4-14H,15-16H2,1-3H3,(H2,28,29,33). The fraction of sp³-hybridized carbons (Fsp3) is 0.192. The molecule has 174 valence electrons. The van der Waals surface area contributed by atoms with Gasteiger partial charge in [0.25, 0.3) is 0 Å². The predicted octanol–water partition coefficient (Wildman–Crippen LogP) is 6.46. The van der Waals surface area contributed by atoms with Gasteiger partial charge in [0.05, 0.1) is 12.2 Å². The molecule has 4 rings (SSSR count). The Hall–Kier alpha value is -3.29. The number of hydrogen-bond donors (Lipinski definition) is 2. The van der Waals surface area contributed by atoms with Crippen LogP contribution in [0, 0.1) is 20.8 Å². The van der Waals surface area contributed by atoms with Crippen molar-refractivity contribution < 1.29 is 4.79 Å². The van der Waals surface area contributed by atoms with Crippen LogP contribution in [-0.4, -0.2) is 20.8 Å². The van der Waals surface area contributed by atoms with Gasteiger partial charge in [0.15, 0.2) is 11.0 Å². The van der Waals surface area contributed by atoms with Crippen LogP contribution < -0.4 is 10.6 Å². The summed E-state index contributed by atoms with van der Waals surface area (Å²) in [4.78, 5) is 12.6. The fourth-order valence-electron chi connectivity index (χ4n) is 3.56. The van der Waals surface area contributed by atoms with E-state index in [0.29, 0.717) is 10.8 Å². The van der Waals surface area contributed by atoms with Crippen LogP contribution in [0.15, 0.2) is 71.9 Å². The first-order valence-electron chi connectivity index (χ1n) is 10.9. The smallest absolute Gasteiger partial charge is 0.319 e. The first-order chi connectivity index (χ1) is 16.4. The molecule has 8 heteroatoms. The number of benzene rings is 3. The number of thioether (sulfide) groups is 1. The van der Waals surface area contributed by atoms with Crippen molar-refractivity contribution in [1.82, 2.24) is 20.1 Å². The summed E-state index contributed by atoms with van der Waals surface area (Å²) in [5.74, 6) is 1.37. The molecule has 0 saturated carbocycles. The zero-order valence-corrected chi connectivity index (χ0v) is 20.9. The summed E-state index contributed by atoms with van der Waals surface area (Å²) >= 11 is 7.92. The Bertz CT molecular complexity index is 1320. The van der Waals surface area contributed by atoms with Crippen molar-refractivity contribution in [3.63, 3.8) is 0 Å². The molecule has 0 saturated heterocycles. The van der Waals surface area contributed by atoms with Crippen LogP contribution in [0.25, 0.3) is 5.69 Å². The number of carbonyl (C=O) groups excluding carboxylic acids is 1. The van der Waals surface area contributed by atoms with E-state index in [1.54, 1.807) is 11.8 Å². The van der Waals surface area contributed by atoms with E-state index in [9.17, 15) is 4.79 Å². The number of halogens is 1. The first kappa shape index (κ1) is 23.9. The summed E-state index contributed by atoms with van der Waals surface area (Å²) in [6, 6.07) is 21.5. The molecule has 3 aromatic carbocycles. The average Bonchev–Trinajstić information content (AvgIpc) is 3.22. The second-order valence-electron chi connectivity index (χ2n) is 8.07. The number of hydrogen-bond acceptors (Lipinski definition) is 4. The summed E-state index contributed by atoms with van der Waals surface area (Å²) in [5, 5.41) is 16.0. The van der Waals surface area contributed by atoms with Crippen molar-refractivity contribution in [2.45, 2.75) is 38.2 Å². The molecule has 0 fully saturated rings. The largest absolute Gasteiger partial charge is 0.331 e. The van der Waals surface area contributed by atoms with Gasteiger partial charge < -0.3 is 10.6 Å². The molecule has 0 radical (unpaired) electrons. The van der Waals surface area contributed by atoms with Crippen LogP contribution in [-0.2, 0) is 12.3 Å². The molecule has 4 aromatic rings. The van der Waals surface area contributed by atoms with Gasteiger partial charge in [-0.1, -0.05) is 77.5 Å². The molecule has 0 atom stereocenters.